The summed E-state index contributed by atoms with van der Waals surface area (Å²) in [6.45, 7) is 4.69. The van der Waals surface area contributed by atoms with Gasteiger partial charge in [-0.15, -0.1) is 0 Å². The molecular weight excluding hydrogens is 245 g/mol. The van der Waals surface area contributed by atoms with Gasteiger partial charge in [-0.3, -0.25) is 4.90 Å². The second-order valence-electron chi connectivity index (χ2n) is 5.06. The largest absolute Gasteiger partial charge is 0.458 e. The third kappa shape index (κ3) is 4.03. The van der Waals surface area contributed by atoms with Crippen LogP contribution in [-0.4, -0.2) is 36.6 Å². The van der Waals surface area contributed by atoms with Crippen LogP contribution in [0, 0.1) is 5.82 Å². The molecule has 104 valence electrons. The Labute approximate surface area is 113 Å². The van der Waals surface area contributed by atoms with Crippen molar-refractivity contribution in [3.63, 3.8) is 0 Å². The molecule has 4 heteroatoms. The Balaban J connectivity index is 1.86. The van der Waals surface area contributed by atoms with Gasteiger partial charge in [0.1, 0.15) is 11.9 Å². The lowest BCUT2D eigenvalue weighted by molar-refractivity contribution is 0.0231. The van der Waals surface area contributed by atoms with E-state index in [0.717, 1.165) is 19.6 Å². The minimum absolute atomic E-state index is 0.00740. The molecule has 0 unspecified atom stereocenters. The summed E-state index contributed by atoms with van der Waals surface area (Å²) in [6.07, 6.45) is 3.46. The fraction of sp³-hybridized carbons (Fsp3) is 0.533. The zero-order chi connectivity index (χ0) is 13.7. The van der Waals surface area contributed by atoms with Crippen LogP contribution in [0.2, 0.25) is 0 Å². The maximum atomic E-state index is 13.4. The van der Waals surface area contributed by atoms with E-state index in [1.807, 2.05) is 6.92 Å². The third-order valence-corrected chi connectivity index (χ3v) is 3.37. The van der Waals surface area contributed by atoms with Gasteiger partial charge in [0.2, 0.25) is 0 Å². The van der Waals surface area contributed by atoms with Gasteiger partial charge >= 0.3 is 5.97 Å². The molecule has 2 rings (SSSR count). The molecule has 0 radical (unpaired) electrons. The number of esters is 1. The average molecular weight is 265 g/mol. The van der Waals surface area contributed by atoms with Gasteiger partial charge in [0.25, 0.3) is 0 Å². The van der Waals surface area contributed by atoms with E-state index in [1.165, 1.54) is 31.4 Å². The van der Waals surface area contributed by atoms with Crippen molar-refractivity contribution >= 4 is 5.97 Å². The van der Waals surface area contributed by atoms with E-state index < -0.39 is 11.8 Å². The second kappa shape index (κ2) is 6.66. The van der Waals surface area contributed by atoms with Crippen LogP contribution in [0.15, 0.2) is 24.3 Å². The van der Waals surface area contributed by atoms with Gasteiger partial charge < -0.3 is 4.74 Å². The lowest BCUT2D eigenvalue weighted by Gasteiger charge is -2.28. The zero-order valence-corrected chi connectivity index (χ0v) is 11.3. The van der Waals surface area contributed by atoms with E-state index in [1.54, 1.807) is 12.1 Å². The van der Waals surface area contributed by atoms with Crippen LogP contribution >= 0.6 is 0 Å². The highest BCUT2D eigenvalue weighted by molar-refractivity contribution is 5.89. The van der Waals surface area contributed by atoms with E-state index in [0.29, 0.717) is 0 Å². The lowest BCUT2D eigenvalue weighted by atomic mass is 10.1. The van der Waals surface area contributed by atoms with E-state index in [4.69, 9.17) is 4.74 Å². The molecule has 1 aromatic rings. The predicted molar refractivity (Wildman–Crippen MR) is 71.6 cm³/mol. The molecule has 19 heavy (non-hydrogen) atoms. The molecule has 0 bridgehead atoms. The number of nitrogens with zero attached hydrogens (tertiary/aromatic N) is 1. The topological polar surface area (TPSA) is 29.5 Å². The molecule has 1 aliphatic rings. The molecule has 0 spiro atoms. The molecule has 0 amide bonds. The first-order chi connectivity index (χ1) is 9.16. The number of piperidine rings is 1. The van der Waals surface area contributed by atoms with Crippen molar-refractivity contribution in [1.29, 1.82) is 0 Å². The molecule has 0 aliphatic carbocycles. The van der Waals surface area contributed by atoms with Crippen LogP contribution in [0.4, 0.5) is 4.39 Å². The molecule has 0 aromatic heterocycles. The van der Waals surface area contributed by atoms with E-state index >= 15 is 0 Å². The van der Waals surface area contributed by atoms with E-state index in [-0.39, 0.29) is 11.7 Å². The Hall–Kier alpha value is -1.42. The molecule has 0 saturated carbocycles. The van der Waals surface area contributed by atoms with Gasteiger partial charge in [-0.25, -0.2) is 9.18 Å². The normalized spacial score (nSPS) is 18.0. The first-order valence-electron chi connectivity index (χ1n) is 6.84. The fourth-order valence-electron chi connectivity index (χ4n) is 2.42. The average Bonchev–Trinajstić information content (AvgIpc) is 2.40. The summed E-state index contributed by atoms with van der Waals surface area (Å²) in [5.74, 6) is -1.11. The van der Waals surface area contributed by atoms with Crippen LogP contribution in [0.3, 0.4) is 0 Å². The van der Waals surface area contributed by atoms with Gasteiger partial charge in [0, 0.05) is 6.54 Å². The number of carbonyl (C=O) groups excluding carboxylic acids is 1. The van der Waals surface area contributed by atoms with E-state index in [9.17, 15) is 9.18 Å². The smallest absolute Gasteiger partial charge is 0.341 e. The highest BCUT2D eigenvalue weighted by atomic mass is 19.1. The molecule has 1 heterocycles. The number of benzene rings is 1. The van der Waals surface area contributed by atoms with Crippen molar-refractivity contribution in [1.82, 2.24) is 4.90 Å². The number of rotatable bonds is 4. The van der Waals surface area contributed by atoms with Gasteiger partial charge in [0.15, 0.2) is 0 Å². The Bertz CT molecular complexity index is 430. The molecule has 0 N–H and O–H groups in total. The fourth-order valence-corrected chi connectivity index (χ4v) is 2.42. The Kier molecular flexibility index (Phi) is 4.91. The second-order valence-corrected chi connectivity index (χ2v) is 5.06. The van der Waals surface area contributed by atoms with Crippen molar-refractivity contribution in [3.05, 3.63) is 35.6 Å². The van der Waals surface area contributed by atoms with Crippen LogP contribution < -0.4 is 0 Å². The first kappa shape index (κ1) is 14.0. The number of ether oxygens (including phenoxy) is 1. The quantitative estimate of drug-likeness (QED) is 0.784. The third-order valence-electron chi connectivity index (χ3n) is 3.37. The minimum atomic E-state index is -0.581. The first-order valence-corrected chi connectivity index (χ1v) is 6.84. The van der Waals surface area contributed by atoms with E-state index in [2.05, 4.69) is 4.90 Å². The molecule has 1 saturated heterocycles. The number of hydrogen-bond donors (Lipinski definition) is 0. The van der Waals surface area contributed by atoms with Crippen LogP contribution in [-0.2, 0) is 4.74 Å². The molecule has 1 aliphatic heterocycles. The van der Waals surface area contributed by atoms with Crippen molar-refractivity contribution in [3.8, 4) is 0 Å². The zero-order valence-electron chi connectivity index (χ0n) is 11.3. The van der Waals surface area contributed by atoms with Crippen molar-refractivity contribution in [2.45, 2.75) is 32.3 Å². The monoisotopic (exact) mass is 265 g/mol. The number of halogens is 1. The summed E-state index contributed by atoms with van der Waals surface area (Å²) in [7, 11) is 0. The summed E-state index contributed by atoms with van der Waals surface area (Å²) in [6, 6.07) is 5.91. The lowest BCUT2D eigenvalue weighted by Crippen LogP contribution is -2.37. The summed E-state index contributed by atoms with van der Waals surface area (Å²) in [4.78, 5) is 14.1. The minimum Gasteiger partial charge on any atom is -0.458 e. The SMILES string of the molecule is C[C@@H](CN1CCCCC1)OC(=O)c1ccccc1F. The summed E-state index contributed by atoms with van der Waals surface area (Å²) < 4.78 is 18.7. The van der Waals surface area contributed by atoms with Gasteiger partial charge in [-0.2, -0.15) is 0 Å². The van der Waals surface area contributed by atoms with Crippen molar-refractivity contribution < 1.29 is 13.9 Å². The summed E-state index contributed by atoms with van der Waals surface area (Å²) in [5, 5.41) is 0. The Morgan fingerprint density at radius 2 is 2.00 bits per heavy atom. The maximum Gasteiger partial charge on any atom is 0.341 e. The molecule has 3 nitrogen and oxygen atoms in total. The van der Waals surface area contributed by atoms with Crippen LogP contribution in [0.25, 0.3) is 0 Å². The van der Waals surface area contributed by atoms with Crippen LogP contribution in [0.1, 0.15) is 36.5 Å². The Morgan fingerprint density at radius 1 is 1.32 bits per heavy atom. The molecule has 1 atom stereocenters. The maximum absolute atomic E-state index is 13.4. The Morgan fingerprint density at radius 3 is 2.68 bits per heavy atom. The highest BCUT2D eigenvalue weighted by Gasteiger charge is 2.18. The summed E-state index contributed by atoms with van der Waals surface area (Å²) in [5.41, 5.74) is 0.00740. The molecule has 1 aromatic carbocycles. The van der Waals surface area contributed by atoms with Gasteiger partial charge in [0.05, 0.1) is 5.56 Å². The highest BCUT2D eigenvalue weighted by Crippen LogP contribution is 2.12. The summed E-state index contributed by atoms with van der Waals surface area (Å²) >= 11 is 0. The number of likely N-dealkylation sites (tertiary alicyclic amines) is 1. The standard InChI is InChI=1S/C15H20FNO2/c1-12(11-17-9-5-2-6-10-17)19-15(18)13-7-3-4-8-14(13)16/h3-4,7-8,12H,2,5-6,9-11H2,1H3/t12-/m0/s1. The van der Waals surface area contributed by atoms with Gasteiger partial charge in [-0.05, 0) is 45.0 Å². The molecule has 1 fully saturated rings. The van der Waals surface area contributed by atoms with Crippen molar-refractivity contribution in [2.75, 3.05) is 19.6 Å². The number of carbonyl (C=O) groups is 1. The molecular formula is C15H20FNO2. The predicted octanol–water partition coefficient (Wildman–Crippen LogP) is 2.86. The van der Waals surface area contributed by atoms with Crippen molar-refractivity contribution in [2.24, 2.45) is 0 Å². The van der Waals surface area contributed by atoms with Crippen LogP contribution in [0.5, 0.6) is 0 Å². The van der Waals surface area contributed by atoms with Gasteiger partial charge in [-0.1, -0.05) is 18.6 Å². The number of hydrogen-bond acceptors (Lipinski definition) is 3.